The van der Waals surface area contributed by atoms with Crippen LogP contribution in [-0.4, -0.2) is 63.7 Å². The number of hydrogen-bond acceptors (Lipinski definition) is 7. The minimum Gasteiger partial charge on any atom is -0.390 e. The van der Waals surface area contributed by atoms with Gasteiger partial charge in [-0.15, -0.1) is 23.2 Å². The van der Waals surface area contributed by atoms with Crippen molar-refractivity contribution in [2.45, 2.75) is 84.4 Å². The maximum Gasteiger partial charge on any atom is 0.251 e. The molecule has 0 spiro atoms. The molecular weight excluding hydrogens is 595 g/mol. The van der Waals surface area contributed by atoms with Crippen LogP contribution in [0, 0.1) is 5.92 Å². The van der Waals surface area contributed by atoms with Crippen molar-refractivity contribution in [3.8, 4) is 0 Å². The van der Waals surface area contributed by atoms with E-state index in [9.17, 15) is 19.0 Å². The number of amides is 1. The molecule has 0 saturated carbocycles. The van der Waals surface area contributed by atoms with Crippen LogP contribution < -0.4 is 20.3 Å². The summed E-state index contributed by atoms with van der Waals surface area (Å²) in [6.07, 6.45) is 4.41. The van der Waals surface area contributed by atoms with E-state index in [2.05, 4.69) is 36.7 Å². The van der Waals surface area contributed by atoms with Crippen molar-refractivity contribution < 1.29 is 19.0 Å². The fourth-order valence-electron chi connectivity index (χ4n) is 5.13. The Hall–Kier alpha value is -1.72. The van der Waals surface area contributed by atoms with Gasteiger partial charge in [-0.2, -0.15) is 0 Å². The van der Waals surface area contributed by atoms with Gasteiger partial charge in [-0.25, -0.2) is 0 Å². The molecule has 0 radical (unpaired) electrons. The first-order chi connectivity index (χ1) is 19.5. The molecule has 42 heavy (non-hydrogen) atoms. The molecule has 1 saturated heterocycles. The molecule has 11 heteroatoms. The summed E-state index contributed by atoms with van der Waals surface area (Å²) in [5, 5.41) is 21.6. The second-order valence-electron chi connectivity index (χ2n) is 11.5. The zero-order valence-corrected chi connectivity index (χ0v) is 27.7. The molecule has 1 aliphatic rings. The fourth-order valence-corrected chi connectivity index (χ4v) is 7.02. The van der Waals surface area contributed by atoms with Crippen molar-refractivity contribution in [2.24, 2.45) is 5.92 Å². The van der Waals surface area contributed by atoms with Gasteiger partial charge in [0, 0.05) is 41.9 Å². The van der Waals surface area contributed by atoms with Gasteiger partial charge >= 0.3 is 0 Å². The number of carbonyl (C=O) groups is 1. The number of nitrogens with zero attached hydrogens (tertiary/aromatic N) is 1. The monoisotopic (exact) mass is 644 g/mol. The lowest BCUT2D eigenvalue weighted by molar-refractivity contribution is 0.0825. The molecule has 0 bridgehead atoms. The van der Waals surface area contributed by atoms with Crippen LogP contribution in [0.15, 0.2) is 42.5 Å². The third-order valence-corrected chi connectivity index (χ3v) is 9.81. The maximum atomic E-state index is 13.7. The zero-order chi connectivity index (χ0) is 30.0. The van der Waals surface area contributed by atoms with Gasteiger partial charge in [0.15, 0.2) is 0 Å². The average Bonchev–Trinajstić information content (AvgIpc) is 2.92. The summed E-state index contributed by atoms with van der Waals surface area (Å²) in [5.41, 5.74) is 2.53. The van der Waals surface area contributed by atoms with Crippen molar-refractivity contribution in [2.75, 3.05) is 35.0 Å². The van der Waals surface area contributed by atoms with Gasteiger partial charge in [-0.3, -0.25) is 18.2 Å². The van der Waals surface area contributed by atoms with Gasteiger partial charge in [0.1, 0.15) is 0 Å². The topological polar surface area (TPSA) is 117 Å². The fraction of sp³-hybridized carbons (Fsp3) is 0.581. The molecule has 0 aromatic heterocycles. The number of carbonyl (C=O) groups excluding carboxylic acids is 1. The lowest BCUT2D eigenvalue weighted by Crippen LogP contribution is -2.49. The molecular formula is C31H50Cl2N4O4S. The Kier molecular flexibility index (Phi) is 15.2. The highest BCUT2D eigenvalue weighted by atomic mass is 35.5. The molecule has 1 amide bonds. The molecule has 6 N–H and O–H groups in total. The Bertz CT molecular complexity index is 1120. The summed E-state index contributed by atoms with van der Waals surface area (Å²) in [6.45, 7) is 10.0. The lowest BCUT2D eigenvalue weighted by atomic mass is 9.99. The average molecular weight is 646 g/mol. The van der Waals surface area contributed by atoms with Gasteiger partial charge in [-0.1, -0.05) is 56.5 Å². The van der Waals surface area contributed by atoms with Crippen molar-refractivity contribution >= 4 is 52.1 Å². The van der Waals surface area contributed by atoms with Crippen LogP contribution >= 0.6 is 34.8 Å². The first kappa shape index (κ1) is 36.5. The normalized spacial score (nSPS) is 17.6. The Morgan fingerprint density at radius 3 is 2.50 bits per heavy atom. The number of aliphatic hydroxyl groups excluding tert-OH is 1. The lowest BCUT2D eigenvalue weighted by Gasteiger charge is -2.47. The van der Waals surface area contributed by atoms with Crippen LogP contribution in [0.5, 0.6) is 0 Å². The summed E-state index contributed by atoms with van der Waals surface area (Å²) >= 11 is 6.46. The highest BCUT2D eigenvalue weighted by molar-refractivity contribution is 8.25. The third kappa shape index (κ3) is 11.1. The van der Waals surface area contributed by atoms with Gasteiger partial charge in [0.05, 0.1) is 23.6 Å². The second-order valence-corrected chi connectivity index (χ2v) is 14.0. The number of hydrogen-bond donors (Lipinski definition) is 6. The van der Waals surface area contributed by atoms with Crippen LogP contribution in [0.3, 0.4) is 0 Å². The number of anilines is 2. The van der Waals surface area contributed by atoms with E-state index in [1.54, 1.807) is 22.5 Å². The Morgan fingerprint density at radius 2 is 1.83 bits per heavy atom. The molecule has 238 valence electrons. The van der Waals surface area contributed by atoms with E-state index >= 15 is 0 Å². The van der Waals surface area contributed by atoms with Crippen LogP contribution in [-0.2, 0) is 6.42 Å². The van der Waals surface area contributed by atoms with E-state index in [4.69, 9.17) is 11.6 Å². The number of aliphatic hydroxyl groups is 1. The van der Waals surface area contributed by atoms with Crippen LogP contribution in [0.4, 0.5) is 11.4 Å². The van der Waals surface area contributed by atoms with Crippen LogP contribution in [0.2, 0.25) is 5.02 Å². The molecule has 8 nitrogen and oxygen atoms in total. The van der Waals surface area contributed by atoms with Gasteiger partial charge < -0.3 is 21.1 Å². The SMILES string of the molecule is CCNc1cc(C(=O)N[C@@H](Cc2ccccc2Cl)[C@H](O)CNC(C)CCCC(C)C)cc(N2CCCCS2(O)O)c1.Cl. The van der Waals surface area contributed by atoms with Crippen LogP contribution in [0.25, 0.3) is 0 Å². The maximum absolute atomic E-state index is 13.7. The number of benzene rings is 2. The smallest absolute Gasteiger partial charge is 0.251 e. The van der Waals surface area contributed by atoms with Crippen molar-refractivity contribution in [1.82, 2.24) is 10.6 Å². The summed E-state index contributed by atoms with van der Waals surface area (Å²) < 4.78 is 23.1. The molecule has 1 heterocycles. The van der Waals surface area contributed by atoms with E-state index in [1.807, 2.05) is 31.2 Å². The highest BCUT2D eigenvalue weighted by Gasteiger charge is 2.29. The molecule has 0 aliphatic carbocycles. The van der Waals surface area contributed by atoms with E-state index in [0.717, 1.165) is 36.9 Å². The Labute approximate surface area is 264 Å². The molecule has 2 aromatic rings. The predicted octanol–water partition coefficient (Wildman–Crippen LogP) is 6.97. The largest absolute Gasteiger partial charge is 0.390 e. The van der Waals surface area contributed by atoms with Crippen molar-refractivity contribution in [3.05, 3.63) is 58.6 Å². The van der Waals surface area contributed by atoms with E-state index < -0.39 is 22.9 Å². The quantitative estimate of drug-likeness (QED) is 0.124. The standard InChI is InChI=1S/C31H49ClN4O4S.ClH/c1-5-33-26-17-25(18-27(20-26)36-15-8-9-16-41(36,39)40)31(38)35-29(19-24-13-6-7-14-28(24)32)30(37)21-34-23(4)12-10-11-22(2)3;/h6-7,13-14,17-18,20,22-23,29-30,33-34,37,39-40H,5,8-12,15-16,19,21H2,1-4H3,(H,35,38);1H/t23?,29-,30+;/m0./s1. The van der Waals surface area contributed by atoms with E-state index in [0.29, 0.717) is 54.0 Å². The summed E-state index contributed by atoms with van der Waals surface area (Å²) in [6, 6.07) is 12.4. The number of halogens is 2. The van der Waals surface area contributed by atoms with E-state index in [-0.39, 0.29) is 24.4 Å². The second kappa shape index (κ2) is 17.5. The van der Waals surface area contributed by atoms with E-state index in [1.165, 1.54) is 6.42 Å². The first-order valence-corrected chi connectivity index (χ1v) is 16.9. The van der Waals surface area contributed by atoms with Crippen molar-refractivity contribution in [3.63, 3.8) is 0 Å². The molecule has 3 atom stereocenters. The first-order valence-electron chi connectivity index (χ1n) is 14.9. The highest BCUT2D eigenvalue weighted by Crippen LogP contribution is 2.50. The predicted molar refractivity (Wildman–Crippen MR) is 181 cm³/mol. The molecule has 1 aliphatic heterocycles. The Balaban J connectivity index is 0.00000616. The molecule has 3 rings (SSSR count). The minimum atomic E-state index is -2.95. The zero-order valence-electron chi connectivity index (χ0n) is 25.3. The summed E-state index contributed by atoms with van der Waals surface area (Å²) in [4.78, 5) is 13.7. The summed E-state index contributed by atoms with van der Waals surface area (Å²) in [5.74, 6) is 0.632. The molecule has 1 unspecified atom stereocenters. The van der Waals surface area contributed by atoms with Crippen LogP contribution in [0.1, 0.15) is 75.7 Å². The Morgan fingerprint density at radius 1 is 1.10 bits per heavy atom. The number of nitrogens with one attached hydrogen (secondary N) is 3. The number of rotatable bonds is 15. The third-order valence-electron chi connectivity index (χ3n) is 7.50. The van der Waals surface area contributed by atoms with Gasteiger partial charge in [0.25, 0.3) is 5.91 Å². The molecule has 1 fully saturated rings. The summed E-state index contributed by atoms with van der Waals surface area (Å²) in [7, 11) is -2.95. The van der Waals surface area contributed by atoms with Gasteiger partial charge in [0.2, 0.25) is 0 Å². The van der Waals surface area contributed by atoms with Gasteiger partial charge in [-0.05, 0) is 75.3 Å². The molecule has 2 aromatic carbocycles. The minimum absolute atomic E-state index is 0. The van der Waals surface area contributed by atoms with Crippen molar-refractivity contribution in [1.29, 1.82) is 0 Å².